The number of H-pyrrole nitrogens is 2. The van der Waals surface area contributed by atoms with E-state index in [-0.39, 0.29) is 28.6 Å². The maximum atomic E-state index is 16.3. The molecule has 0 aliphatic heterocycles. The van der Waals surface area contributed by atoms with Crippen molar-refractivity contribution in [2.24, 2.45) is 5.92 Å². The van der Waals surface area contributed by atoms with E-state index in [0.717, 1.165) is 32.2 Å². The molecular weight excluding hydrogens is 590 g/mol. The summed E-state index contributed by atoms with van der Waals surface area (Å²) in [7, 11) is 3.94. The fraction of sp³-hybridized carbons (Fsp3) is 0.273. The van der Waals surface area contributed by atoms with Crippen molar-refractivity contribution in [3.8, 4) is 33.9 Å². The molecule has 1 aliphatic carbocycles. The van der Waals surface area contributed by atoms with Gasteiger partial charge in [0, 0.05) is 48.2 Å². The first-order valence-corrected chi connectivity index (χ1v) is 15.2. The molecule has 1 aliphatic rings. The summed E-state index contributed by atoms with van der Waals surface area (Å²) >= 11 is 0. The van der Waals surface area contributed by atoms with Crippen molar-refractivity contribution >= 4 is 39.2 Å². The van der Waals surface area contributed by atoms with Gasteiger partial charge in [-0.15, -0.1) is 0 Å². The number of nitrogens with one attached hydrogen (secondary N) is 4. The number of hydrogen-bond acceptors (Lipinski definition) is 8. The first-order chi connectivity index (χ1) is 22.3. The second-order valence-electron chi connectivity index (χ2n) is 11.8. The SMILES string of the molecule is CN(C)CCNc1cc(F)cc(-c2cncc3[nH]c(-c4n[nH]c5cnc(-c6cncc(NC(=O)C7CCCC7)c6)c(F)c45)nc23)c1. The summed E-state index contributed by atoms with van der Waals surface area (Å²) in [4.78, 5) is 35.6. The number of amides is 1. The number of imidazole rings is 1. The Kier molecular flexibility index (Phi) is 7.83. The second-order valence-corrected chi connectivity index (χ2v) is 11.8. The van der Waals surface area contributed by atoms with Crippen LogP contribution in [0.4, 0.5) is 20.2 Å². The lowest BCUT2D eigenvalue weighted by atomic mass is 10.1. The van der Waals surface area contributed by atoms with Crippen LogP contribution in [-0.4, -0.2) is 73.1 Å². The van der Waals surface area contributed by atoms with Crippen LogP contribution in [0.2, 0.25) is 0 Å². The zero-order chi connectivity index (χ0) is 31.8. The predicted octanol–water partition coefficient (Wildman–Crippen LogP) is 6.01. The summed E-state index contributed by atoms with van der Waals surface area (Å²) in [5.41, 5.74) is 4.56. The molecular formula is C33H32F2N10O. The highest BCUT2D eigenvalue weighted by atomic mass is 19.1. The van der Waals surface area contributed by atoms with Crippen LogP contribution in [0.5, 0.6) is 0 Å². The Labute approximate surface area is 262 Å². The normalized spacial score (nSPS) is 13.7. The van der Waals surface area contributed by atoms with Crippen molar-refractivity contribution < 1.29 is 13.6 Å². The summed E-state index contributed by atoms with van der Waals surface area (Å²) < 4.78 is 31.0. The van der Waals surface area contributed by atoms with Crippen molar-refractivity contribution in [1.82, 2.24) is 40.0 Å². The Morgan fingerprint density at radius 3 is 2.57 bits per heavy atom. The fourth-order valence-corrected chi connectivity index (χ4v) is 5.95. The molecule has 7 rings (SSSR count). The Bertz CT molecular complexity index is 2070. The molecule has 5 aromatic heterocycles. The molecule has 13 heteroatoms. The molecule has 0 radical (unpaired) electrons. The van der Waals surface area contributed by atoms with Gasteiger partial charge in [-0.1, -0.05) is 12.8 Å². The lowest BCUT2D eigenvalue weighted by Gasteiger charge is -2.12. The van der Waals surface area contributed by atoms with E-state index in [2.05, 4.69) is 40.8 Å². The summed E-state index contributed by atoms with van der Waals surface area (Å²) in [6, 6.07) is 6.39. The molecule has 11 nitrogen and oxygen atoms in total. The van der Waals surface area contributed by atoms with Crippen LogP contribution in [0.3, 0.4) is 0 Å². The van der Waals surface area contributed by atoms with E-state index >= 15 is 4.39 Å². The van der Waals surface area contributed by atoms with E-state index in [4.69, 9.17) is 4.98 Å². The van der Waals surface area contributed by atoms with Crippen molar-refractivity contribution in [3.05, 3.63) is 66.9 Å². The highest BCUT2D eigenvalue weighted by Gasteiger charge is 2.24. The summed E-state index contributed by atoms with van der Waals surface area (Å²) in [5, 5.41) is 13.6. The molecule has 5 heterocycles. The topological polar surface area (TPSA) is 140 Å². The predicted molar refractivity (Wildman–Crippen MR) is 173 cm³/mol. The van der Waals surface area contributed by atoms with Crippen LogP contribution >= 0.6 is 0 Å². The zero-order valence-corrected chi connectivity index (χ0v) is 25.4. The molecule has 0 atom stereocenters. The van der Waals surface area contributed by atoms with Crippen molar-refractivity contribution in [1.29, 1.82) is 0 Å². The van der Waals surface area contributed by atoms with E-state index < -0.39 is 11.6 Å². The maximum absolute atomic E-state index is 16.3. The maximum Gasteiger partial charge on any atom is 0.227 e. The van der Waals surface area contributed by atoms with E-state index in [0.29, 0.717) is 57.0 Å². The first-order valence-electron chi connectivity index (χ1n) is 15.2. The van der Waals surface area contributed by atoms with Gasteiger partial charge in [-0.25, -0.2) is 13.8 Å². The van der Waals surface area contributed by atoms with Gasteiger partial charge >= 0.3 is 0 Å². The molecule has 234 valence electrons. The third-order valence-electron chi connectivity index (χ3n) is 8.27. The van der Waals surface area contributed by atoms with Gasteiger partial charge in [-0.2, -0.15) is 5.10 Å². The van der Waals surface area contributed by atoms with Gasteiger partial charge in [0.15, 0.2) is 11.6 Å². The van der Waals surface area contributed by atoms with Crippen LogP contribution in [-0.2, 0) is 4.79 Å². The number of aromatic nitrogens is 7. The Hall–Kier alpha value is -5.30. The van der Waals surface area contributed by atoms with Gasteiger partial charge in [0.1, 0.15) is 17.2 Å². The number of carbonyl (C=O) groups excluding carboxylic acids is 1. The summed E-state index contributed by atoms with van der Waals surface area (Å²) in [6.07, 6.45) is 11.6. The average Bonchev–Trinajstić information content (AvgIpc) is 3.81. The van der Waals surface area contributed by atoms with Gasteiger partial charge in [0.2, 0.25) is 5.91 Å². The molecule has 1 saturated carbocycles. The molecule has 6 aromatic rings. The van der Waals surface area contributed by atoms with Gasteiger partial charge in [0.05, 0.1) is 46.2 Å². The number of nitrogens with zero attached hydrogens (tertiary/aromatic N) is 6. The highest BCUT2D eigenvalue weighted by molar-refractivity contribution is 5.98. The molecule has 0 spiro atoms. The van der Waals surface area contributed by atoms with Crippen LogP contribution in [0, 0.1) is 17.6 Å². The lowest BCUT2D eigenvalue weighted by molar-refractivity contribution is -0.119. The third-order valence-corrected chi connectivity index (χ3v) is 8.27. The van der Waals surface area contributed by atoms with E-state index in [1.807, 2.05) is 25.1 Å². The van der Waals surface area contributed by atoms with Gasteiger partial charge in [0.25, 0.3) is 0 Å². The molecule has 1 amide bonds. The standard InChI is InChI=1S/C33H32F2N10O/c1-45(2)8-7-38-22-10-19(9-21(34)12-22)24-15-37-16-26-30(24)42-32(41-26)31-27-25(43-44-31)17-39-29(28(27)35)20-11-23(14-36-13-20)40-33(46)18-5-3-4-6-18/h9-18,38H,3-8H2,1-2H3,(H,40,46)(H,41,42)(H,43,44). The van der Waals surface area contributed by atoms with Gasteiger partial charge in [-0.3, -0.25) is 24.8 Å². The number of rotatable bonds is 9. The Morgan fingerprint density at radius 1 is 0.935 bits per heavy atom. The quantitative estimate of drug-likeness (QED) is 0.154. The smallest absolute Gasteiger partial charge is 0.227 e. The molecule has 0 saturated heterocycles. The number of fused-ring (bicyclic) bond motifs is 2. The number of carbonyl (C=O) groups is 1. The van der Waals surface area contributed by atoms with Crippen molar-refractivity contribution in [3.63, 3.8) is 0 Å². The van der Waals surface area contributed by atoms with Crippen molar-refractivity contribution in [2.45, 2.75) is 25.7 Å². The largest absolute Gasteiger partial charge is 0.384 e. The minimum atomic E-state index is -0.611. The monoisotopic (exact) mass is 622 g/mol. The van der Waals surface area contributed by atoms with Gasteiger partial charge in [-0.05, 0) is 56.8 Å². The van der Waals surface area contributed by atoms with Crippen molar-refractivity contribution in [2.75, 3.05) is 37.8 Å². The number of likely N-dealkylation sites (N-methyl/N-ethyl adjacent to an activating group) is 1. The lowest BCUT2D eigenvalue weighted by Crippen LogP contribution is -2.20. The molecule has 1 aromatic carbocycles. The molecule has 4 N–H and O–H groups in total. The van der Waals surface area contributed by atoms with E-state index in [1.165, 1.54) is 30.7 Å². The molecule has 0 unspecified atom stereocenters. The Morgan fingerprint density at radius 2 is 1.74 bits per heavy atom. The Balaban J connectivity index is 1.23. The van der Waals surface area contributed by atoms with Crippen LogP contribution in [0.1, 0.15) is 25.7 Å². The zero-order valence-electron chi connectivity index (χ0n) is 25.4. The molecule has 0 bridgehead atoms. The number of benzene rings is 1. The number of aromatic amines is 2. The number of anilines is 2. The van der Waals surface area contributed by atoms with Crippen LogP contribution in [0.25, 0.3) is 55.8 Å². The molecule has 46 heavy (non-hydrogen) atoms. The molecule has 1 fully saturated rings. The number of pyridine rings is 3. The van der Waals surface area contributed by atoms with Crippen LogP contribution in [0.15, 0.2) is 55.2 Å². The average molecular weight is 623 g/mol. The second kappa shape index (κ2) is 12.2. The first kappa shape index (κ1) is 29.4. The minimum Gasteiger partial charge on any atom is -0.384 e. The summed E-state index contributed by atoms with van der Waals surface area (Å²) in [6.45, 7) is 1.44. The highest BCUT2D eigenvalue weighted by Crippen LogP contribution is 2.35. The summed E-state index contributed by atoms with van der Waals surface area (Å²) in [5.74, 6) is -0.765. The third kappa shape index (κ3) is 5.76. The minimum absolute atomic E-state index is 0.0180. The fourth-order valence-electron chi connectivity index (χ4n) is 5.95. The van der Waals surface area contributed by atoms with Crippen LogP contribution < -0.4 is 10.6 Å². The van der Waals surface area contributed by atoms with Gasteiger partial charge < -0.3 is 20.5 Å². The number of halogens is 2. The van der Waals surface area contributed by atoms with E-state index in [1.54, 1.807) is 18.5 Å². The van der Waals surface area contributed by atoms with E-state index in [9.17, 15) is 9.18 Å². The number of hydrogen-bond donors (Lipinski definition) is 4.